The van der Waals surface area contributed by atoms with Crippen LogP contribution >= 0.6 is 0 Å². The Hall–Kier alpha value is -1.35. The van der Waals surface area contributed by atoms with Crippen molar-refractivity contribution in [3.63, 3.8) is 0 Å². The van der Waals surface area contributed by atoms with E-state index in [0.29, 0.717) is 0 Å². The maximum atomic E-state index is 10.7. The van der Waals surface area contributed by atoms with E-state index in [1.165, 1.54) is 15.8 Å². The van der Waals surface area contributed by atoms with E-state index in [4.69, 9.17) is 10.8 Å². The number of carbonyl (C=O) groups is 1. The normalized spacial score (nSPS) is 6.91. The van der Waals surface area contributed by atoms with Gasteiger partial charge >= 0.3 is 6.03 Å². The third-order valence-corrected chi connectivity index (χ3v) is 0.765. The van der Waals surface area contributed by atoms with E-state index < -0.39 is 0 Å². The van der Waals surface area contributed by atoms with Crippen LogP contribution in [0.4, 0.5) is 4.79 Å². The number of urea groups is 1. The van der Waals surface area contributed by atoms with Crippen molar-refractivity contribution in [1.82, 2.24) is 9.80 Å². The molecule has 0 aromatic carbocycles. The minimum Gasteiger partial charge on any atom is -0.331 e. The predicted octanol–water partition coefficient (Wildman–Crippen LogP) is 0.547. The molecule has 0 aliphatic carbocycles. The van der Waals surface area contributed by atoms with Gasteiger partial charge in [0.2, 0.25) is 0 Å². The van der Waals surface area contributed by atoms with Gasteiger partial charge in [-0.25, -0.2) is 15.6 Å². The highest BCUT2D eigenvalue weighted by Gasteiger charge is 2.02. The molecular formula is C6H14N4O. The summed E-state index contributed by atoms with van der Waals surface area (Å²) in [5.74, 6) is 0. The highest BCUT2D eigenvalue weighted by atomic mass is 16.2. The van der Waals surface area contributed by atoms with Crippen LogP contribution in [0.2, 0.25) is 0 Å². The van der Waals surface area contributed by atoms with Crippen molar-refractivity contribution in [2.24, 2.45) is 0 Å². The van der Waals surface area contributed by atoms with Crippen molar-refractivity contribution in [2.75, 3.05) is 28.2 Å². The Labute approximate surface area is 66.6 Å². The van der Waals surface area contributed by atoms with E-state index >= 15 is 0 Å². The smallest absolute Gasteiger partial charge is 0.318 e. The van der Waals surface area contributed by atoms with Gasteiger partial charge in [-0.2, -0.15) is 0 Å². The molecule has 0 fully saturated rings. The van der Waals surface area contributed by atoms with Crippen LogP contribution in [-0.4, -0.2) is 50.0 Å². The fraction of sp³-hybridized carbons (Fsp3) is 0.667. The van der Waals surface area contributed by atoms with Crippen molar-refractivity contribution in [3.05, 3.63) is 0 Å². The van der Waals surface area contributed by atoms with Crippen molar-refractivity contribution in [1.29, 1.82) is 10.8 Å². The third kappa shape index (κ3) is 8.65. The van der Waals surface area contributed by atoms with Crippen molar-refractivity contribution >= 4 is 12.0 Å². The zero-order valence-corrected chi connectivity index (χ0v) is 7.30. The number of nitrogens with one attached hydrogen (secondary N) is 2. The van der Waals surface area contributed by atoms with Gasteiger partial charge in [-0.05, 0) is 0 Å². The Morgan fingerprint density at radius 2 is 1.27 bits per heavy atom. The van der Waals surface area contributed by atoms with Crippen LogP contribution in [0.5, 0.6) is 0 Å². The first kappa shape index (κ1) is 12.3. The molecule has 0 aromatic heterocycles. The lowest BCUT2D eigenvalue weighted by Gasteiger charge is -2.16. The van der Waals surface area contributed by atoms with Gasteiger partial charge in [-0.15, -0.1) is 0 Å². The van der Waals surface area contributed by atoms with Gasteiger partial charge in [0.15, 0.2) is 0 Å². The van der Waals surface area contributed by atoms with Crippen molar-refractivity contribution < 1.29 is 4.79 Å². The van der Waals surface area contributed by atoms with Gasteiger partial charge < -0.3 is 9.80 Å². The monoisotopic (exact) mass is 158 g/mol. The number of nitrogens with zero attached hydrogens (tertiary/aromatic N) is 2. The van der Waals surface area contributed by atoms with Gasteiger partial charge in [-0.3, -0.25) is 0 Å². The van der Waals surface area contributed by atoms with E-state index in [1.54, 1.807) is 28.2 Å². The number of hydrogen-bond donors (Lipinski definition) is 2. The molecule has 2 amide bonds. The molecule has 0 atom stereocenters. The number of rotatable bonds is 0. The van der Waals surface area contributed by atoms with E-state index in [9.17, 15) is 4.79 Å². The molecule has 0 rings (SSSR count). The molecule has 0 saturated carbocycles. The van der Waals surface area contributed by atoms with Crippen LogP contribution in [0.15, 0.2) is 0 Å². The van der Waals surface area contributed by atoms with Crippen LogP contribution < -0.4 is 0 Å². The fourth-order valence-corrected chi connectivity index (χ4v) is 0.400. The van der Waals surface area contributed by atoms with Gasteiger partial charge in [-0.1, -0.05) is 0 Å². The van der Waals surface area contributed by atoms with E-state index in [1.807, 2.05) is 0 Å². The Kier molecular flexibility index (Phi) is 7.59. The number of amides is 2. The average Bonchev–Trinajstić information content (AvgIpc) is 1.87. The molecule has 0 saturated heterocycles. The lowest BCUT2D eigenvalue weighted by molar-refractivity contribution is 0.191. The second-order valence-electron chi connectivity index (χ2n) is 2.20. The molecule has 0 aliphatic rings. The van der Waals surface area contributed by atoms with Gasteiger partial charge in [0.1, 0.15) is 0 Å². The summed E-state index contributed by atoms with van der Waals surface area (Å²) >= 11 is 0. The van der Waals surface area contributed by atoms with Gasteiger partial charge in [0.05, 0.1) is 6.01 Å². The Balaban J connectivity index is 0. The SMILES string of the molecule is CN(C)C(=O)N(C)C.N=C=N. The first-order valence-electron chi connectivity index (χ1n) is 2.94. The second kappa shape index (κ2) is 6.77. The molecule has 0 aromatic rings. The first-order chi connectivity index (χ1) is 4.97. The summed E-state index contributed by atoms with van der Waals surface area (Å²) in [5.41, 5.74) is 0. The third-order valence-electron chi connectivity index (χ3n) is 0.765. The summed E-state index contributed by atoms with van der Waals surface area (Å²) in [6, 6.07) is 1.27. The van der Waals surface area contributed by atoms with Gasteiger partial charge in [0, 0.05) is 28.2 Å². The molecule has 0 unspecified atom stereocenters. The van der Waals surface area contributed by atoms with Gasteiger partial charge in [0.25, 0.3) is 0 Å². The molecule has 11 heavy (non-hydrogen) atoms. The van der Waals surface area contributed by atoms with Crippen LogP contribution in [-0.2, 0) is 0 Å². The zero-order valence-electron chi connectivity index (χ0n) is 7.30. The Morgan fingerprint density at radius 3 is 1.27 bits per heavy atom. The van der Waals surface area contributed by atoms with E-state index in [0.717, 1.165) is 0 Å². The summed E-state index contributed by atoms with van der Waals surface area (Å²) < 4.78 is 0. The molecule has 0 heterocycles. The van der Waals surface area contributed by atoms with E-state index in [2.05, 4.69) is 0 Å². The molecule has 0 radical (unpaired) electrons. The highest BCUT2D eigenvalue weighted by molar-refractivity contribution is 5.72. The Bertz CT molecular complexity index is 137. The summed E-state index contributed by atoms with van der Waals surface area (Å²) in [5, 5.41) is 11.2. The molecule has 0 aliphatic heterocycles. The molecular weight excluding hydrogens is 144 g/mol. The number of carbonyl (C=O) groups excluding carboxylic acids is 1. The predicted molar refractivity (Wildman–Crippen MR) is 43.2 cm³/mol. The molecule has 2 N–H and O–H groups in total. The molecule has 0 spiro atoms. The maximum Gasteiger partial charge on any atom is 0.318 e. The van der Waals surface area contributed by atoms with Crippen LogP contribution in [0, 0.1) is 10.8 Å². The van der Waals surface area contributed by atoms with Crippen LogP contribution in [0.1, 0.15) is 0 Å². The fourth-order valence-electron chi connectivity index (χ4n) is 0.400. The summed E-state index contributed by atoms with van der Waals surface area (Å²) in [4.78, 5) is 13.8. The minimum absolute atomic E-state index is 0.0185. The maximum absolute atomic E-state index is 10.7. The lowest BCUT2D eigenvalue weighted by atomic mass is 10.7. The Morgan fingerprint density at radius 1 is 1.09 bits per heavy atom. The average molecular weight is 158 g/mol. The molecule has 5 heteroatoms. The summed E-state index contributed by atoms with van der Waals surface area (Å²) in [7, 11) is 6.90. The molecule has 5 nitrogen and oxygen atoms in total. The highest BCUT2D eigenvalue weighted by Crippen LogP contribution is 1.83. The first-order valence-corrected chi connectivity index (χ1v) is 2.94. The van der Waals surface area contributed by atoms with Crippen LogP contribution in [0.3, 0.4) is 0 Å². The van der Waals surface area contributed by atoms with Crippen molar-refractivity contribution in [2.45, 2.75) is 0 Å². The summed E-state index contributed by atoms with van der Waals surface area (Å²) in [6.45, 7) is 0. The molecule has 64 valence electrons. The second-order valence-corrected chi connectivity index (χ2v) is 2.20. The minimum atomic E-state index is 0.0185. The number of hydrogen-bond acceptors (Lipinski definition) is 3. The summed E-state index contributed by atoms with van der Waals surface area (Å²) in [6.07, 6.45) is 0. The zero-order chi connectivity index (χ0) is 9.44. The standard InChI is InChI=1S/C5H12N2O.CH2N2/c1-6(2)5(8)7(3)4;2-1-3/h1-4H3;2-3H. The lowest BCUT2D eigenvalue weighted by Crippen LogP contribution is -2.33. The van der Waals surface area contributed by atoms with Crippen LogP contribution in [0.25, 0.3) is 0 Å². The van der Waals surface area contributed by atoms with E-state index in [-0.39, 0.29) is 6.03 Å². The quantitative estimate of drug-likeness (QED) is 0.496. The largest absolute Gasteiger partial charge is 0.331 e. The molecule has 0 bridgehead atoms. The van der Waals surface area contributed by atoms with Crippen molar-refractivity contribution in [3.8, 4) is 0 Å². The topological polar surface area (TPSA) is 71.2 Å².